The van der Waals surface area contributed by atoms with Crippen molar-refractivity contribution in [2.45, 2.75) is 58.8 Å². The predicted octanol–water partition coefficient (Wildman–Crippen LogP) is 3.28. The van der Waals surface area contributed by atoms with E-state index in [1.165, 1.54) is 71.1 Å². The van der Waals surface area contributed by atoms with E-state index in [1.54, 1.807) is 0 Å². The first kappa shape index (κ1) is 14.3. The zero-order chi connectivity index (χ0) is 13.1. The fraction of sp³-hybridized carbons (Fsp3) is 1.00. The van der Waals surface area contributed by atoms with Gasteiger partial charge in [0, 0.05) is 13.1 Å². The lowest BCUT2D eigenvalue weighted by Crippen LogP contribution is -2.42. The van der Waals surface area contributed by atoms with Crippen molar-refractivity contribution in [1.82, 2.24) is 10.2 Å². The van der Waals surface area contributed by atoms with E-state index in [1.807, 2.05) is 0 Å². The van der Waals surface area contributed by atoms with Gasteiger partial charge >= 0.3 is 0 Å². The number of rotatable bonds is 4. The SMILES string of the molecule is CNCC1(CN2CCCC(C)(C)CC2)CCCC1. The second-order valence-corrected chi connectivity index (χ2v) is 7.53. The number of nitrogens with zero attached hydrogens (tertiary/aromatic N) is 1. The summed E-state index contributed by atoms with van der Waals surface area (Å²) in [6.07, 6.45) is 9.94. The highest BCUT2D eigenvalue weighted by atomic mass is 15.1. The van der Waals surface area contributed by atoms with Gasteiger partial charge in [-0.25, -0.2) is 0 Å². The maximum atomic E-state index is 3.45. The van der Waals surface area contributed by atoms with Gasteiger partial charge in [-0.15, -0.1) is 0 Å². The van der Waals surface area contributed by atoms with Gasteiger partial charge in [-0.05, 0) is 63.1 Å². The Morgan fingerprint density at radius 1 is 0.944 bits per heavy atom. The van der Waals surface area contributed by atoms with Gasteiger partial charge < -0.3 is 10.2 Å². The van der Waals surface area contributed by atoms with Crippen molar-refractivity contribution in [1.29, 1.82) is 0 Å². The van der Waals surface area contributed by atoms with E-state index in [-0.39, 0.29) is 0 Å². The monoisotopic (exact) mass is 252 g/mol. The number of hydrogen-bond acceptors (Lipinski definition) is 2. The van der Waals surface area contributed by atoms with Gasteiger partial charge in [0.2, 0.25) is 0 Å². The second kappa shape index (κ2) is 5.92. The van der Waals surface area contributed by atoms with Crippen LogP contribution in [0.15, 0.2) is 0 Å². The second-order valence-electron chi connectivity index (χ2n) is 7.53. The molecule has 106 valence electrons. The summed E-state index contributed by atoms with van der Waals surface area (Å²) in [7, 11) is 2.12. The third kappa shape index (κ3) is 3.71. The fourth-order valence-corrected chi connectivity index (χ4v) is 4.00. The number of likely N-dealkylation sites (tertiary alicyclic amines) is 1. The smallest absolute Gasteiger partial charge is 0.00501 e. The predicted molar refractivity (Wildman–Crippen MR) is 78.9 cm³/mol. The molecule has 1 aliphatic carbocycles. The van der Waals surface area contributed by atoms with Gasteiger partial charge in [-0.1, -0.05) is 26.7 Å². The molecule has 0 amide bonds. The van der Waals surface area contributed by atoms with Crippen molar-refractivity contribution < 1.29 is 0 Å². The summed E-state index contributed by atoms with van der Waals surface area (Å²) < 4.78 is 0. The Kier molecular flexibility index (Phi) is 4.71. The van der Waals surface area contributed by atoms with Crippen LogP contribution in [0.1, 0.15) is 58.8 Å². The average molecular weight is 252 g/mol. The van der Waals surface area contributed by atoms with Crippen LogP contribution in [-0.4, -0.2) is 38.1 Å². The summed E-state index contributed by atoms with van der Waals surface area (Å²) in [5.41, 5.74) is 1.16. The largest absolute Gasteiger partial charge is 0.319 e. The molecule has 2 fully saturated rings. The van der Waals surface area contributed by atoms with E-state index in [2.05, 4.69) is 31.1 Å². The summed E-state index contributed by atoms with van der Waals surface area (Å²) in [4.78, 5) is 2.76. The van der Waals surface area contributed by atoms with E-state index in [9.17, 15) is 0 Å². The third-order valence-electron chi connectivity index (χ3n) is 5.21. The molecule has 2 aliphatic rings. The molecule has 2 nitrogen and oxygen atoms in total. The molecule has 0 spiro atoms. The first-order chi connectivity index (χ1) is 8.55. The molecular weight excluding hydrogens is 220 g/mol. The summed E-state index contributed by atoms with van der Waals surface area (Å²) in [6, 6.07) is 0. The normalized spacial score (nSPS) is 28.2. The Morgan fingerprint density at radius 3 is 2.33 bits per heavy atom. The Labute approximate surface area is 114 Å². The van der Waals surface area contributed by atoms with E-state index >= 15 is 0 Å². The van der Waals surface area contributed by atoms with Crippen molar-refractivity contribution in [2.24, 2.45) is 10.8 Å². The van der Waals surface area contributed by atoms with E-state index in [4.69, 9.17) is 0 Å². The van der Waals surface area contributed by atoms with Gasteiger partial charge in [0.25, 0.3) is 0 Å². The molecule has 0 bridgehead atoms. The minimum absolute atomic E-state index is 0.570. The van der Waals surface area contributed by atoms with Crippen LogP contribution in [-0.2, 0) is 0 Å². The first-order valence-corrected chi connectivity index (χ1v) is 7.92. The van der Waals surface area contributed by atoms with Crippen LogP contribution in [0, 0.1) is 10.8 Å². The summed E-state index contributed by atoms with van der Waals surface area (Å²) >= 11 is 0. The van der Waals surface area contributed by atoms with Crippen molar-refractivity contribution in [3.63, 3.8) is 0 Å². The third-order valence-corrected chi connectivity index (χ3v) is 5.21. The molecule has 2 heteroatoms. The Morgan fingerprint density at radius 2 is 1.67 bits per heavy atom. The lowest BCUT2D eigenvalue weighted by molar-refractivity contribution is 0.150. The zero-order valence-corrected chi connectivity index (χ0v) is 12.7. The molecule has 1 saturated heterocycles. The van der Waals surface area contributed by atoms with E-state index in [0.29, 0.717) is 10.8 Å². The fourth-order valence-electron chi connectivity index (χ4n) is 4.00. The number of nitrogens with one attached hydrogen (secondary N) is 1. The molecule has 0 aromatic heterocycles. The Balaban J connectivity index is 1.91. The molecule has 1 N–H and O–H groups in total. The maximum absolute atomic E-state index is 3.45. The Bertz CT molecular complexity index is 254. The molecule has 2 rings (SSSR count). The highest BCUT2D eigenvalue weighted by Crippen LogP contribution is 2.39. The van der Waals surface area contributed by atoms with Gasteiger partial charge in [-0.3, -0.25) is 0 Å². The van der Waals surface area contributed by atoms with Crippen LogP contribution in [0.2, 0.25) is 0 Å². The van der Waals surface area contributed by atoms with Crippen molar-refractivity contribution in [3.8, 4) is 0 Å². The lowest BCUT2D eigenvalue weighted by atomic mass is 9.84. The molecule has 0 atom stereocenters. The van der Waals surface area contributed by atoms with Crippen LogP contribution in [0.25, 0.3) is 0 Å². The molecule has 18 heavy (non-hydrogen) atoms. The quantitative estimate of drug-likeness (QED) is 0.826. The standard InChI is InChI=1S/C16H32N2/c1-15(2)7-6-11-18(12-10-15)14-16(13-17-3)8-4-5-9-16/h17H,4-14H2,1-3H3. The lowest BCUT2D eigenvalue weighted by Gasteiger charge is -2.35. The van der Waals surface area contributed by atoms with Gasteiger partial charge in [0.1, 0.15) is 0 Å². The molecule has 1 heterocycles. The molecule has 0 radical (unpaired) electrons. The van der Waals surface area contributed by atoms with Crippen LogP contribution in [0.3, 0.4) is 0 Å². The van der Waals surface area contributed by atoms with Gasteiger partial charge in [0.15, 0.2) is 0 Å². The van der Waals surface area contributed by atoms with E-state index < -0.39 is 0 Å². The maximum Gasteiger partial charge on any atom is 0.00501 e. The van der Waals surface area contributed by atoms with Crippen LogP contribution in [0.4, 0.5) is 0 Å². The van der Waals surface area contributed by atoms with Crippen molar-refractivity contribution >= 4 is 0 Å². The van der Waals surface area contributed by atoms with Crippen molar-refractivity contribution in [2.75, 3.05) is 33.2 Å². The van der Waals surface area contributed by atoms with Gasteiger partial charge in [0.05, 0.1) is 0 Å². The average Bonchev–Trinajstić information content (AvgIpc) is 2.68. The molecule has 0 aromatic rings. The molecular formula is C16H32N2. The summed E-state index contributed by atoms with van der Waals surface area (Å²) in [5.74, 6) is 0. The molecule has 0 aromatic carbocycles. The summed E-state index contributed by atoms with van der Waals surface area (Å²) in [5, 5.41) is 3.45. The van der Waals surface area contributed by atoms with Crippen molar-refractivity contribution in [3.05, 3.63) is 0 Å². The molecule has 1 aliphatic heterocycles. The summed E-state index contributed by atoms with van der Waals surface area (Å²) in [6.45, 7) is 10.1. The minimum Gasteiger partial charge on any atom is -0.319 e. The first-order valence-electron chi connectivity index (χ1n) is 7.92. The van der Waals surface area contributed by atoms with Gasteiger partial charge in [-0.2, -0.15) is 0 Å². The van der Waals surface area contributed by atoms with Crippen LogP contribution in [0.5, 0.6) is 0 Å². The minimum atomic E-state index is 0.570. The van der Waals surface area contributed by atoms with Crippen LogP contribution < -0.4 is 5.32 Å². The highest BCUT2D eigenvalue weighted by Gasteiger charge is 2.35. The number of hydrogen-bond donors (Lipinski definition) is 1. The molecule has 1 saturated carbocycles. The van der Waals surface area contributed by atoms with E-state index in [0.717, 1.165) is 0 Å². The van der Waals surface area contributed by atoms with Crippen LogP contribution >= 0.6 is 0 Å². The highest BCUT2D eigenvalue weighted by molar-refractivity contribution is 4.90. The molecule has 0 unspecified atom stereocenters. The Hall–Kier alpha value is -0.0800. The zero-order valence-electron chi connectivity index (χ0n) is 12.7. The topological polar surface area (TPSA) is 15.3 Å².